The Balaban J connectivity index is 1.59. The van der Waals surface area contributed by atoms with E-state index in [1.54, 1.807) is 24.5 Å². The minimum atomic E-state index is -0.230. The zero-order valence-electron chi connectivity index (χ0n) is 13.8. The molecule has 4 nitrogen and oxygen atoms in total. The molecule has 2 heterocycles. The first-order valence-electron chi connectivity index (χ1n) is 8.31. The van der Waals surface area contributed by atoms with Gasteiger partial charge in [0.2, 0.25) is 5.91 Å². The molecule has 1 saturated heterocycles. The van der Waals surface area contributed by atoms with Gasteiger partial charge in [-0.3, -0.25) is 9.78 Å². The number of hydrogen-bond donors (Lipinski definition) is 1. The highest BCUT2D eigenvalue weighted by Gasteiger charge is 2.22. The van der Waals surface area contributed by atoms with Crippen molar-refractivity contribution < 1.29 is 9.18 Å². The molecule has 1 amide bonds. The Kier molecular flexibility index (Phi) is 5.08. The second-order valence-electron chi connectivity index (χ2n) is 6.31. The van der Waals surface area contributed by atoms with Crippen molar-refractivity contribution in [3.63, 3.8) is 0 Å². The monoisotopic (exact) mass is 327 g/mol. The molecule has 0 saturated carbocycles. The molecule has 126 valence electrons. The summed E-state index contributed by atoms with van der Waals surface area (Å²) in [6.45, 7) is 3.56. The number of pyridine rings is 1. The van der Waals surface area contributed by atoms with E-state index in [1.165, 1.54) is 6.07 Å². The molecule has 3 rings (SSSR count). The molecule has 1 N–H and O–H groups in total. The normalized spacial score (nSPS) is 17.6. The van der Waals surface area contributed by atoms with E-state index >= 15 is 0 Å². The van der Waals surface area contributed by atoms with Crippen LogP contribution in [0.1, 0.15) is 24.0 Å². The van der Waals surface area contributed by atoms with Crippen LogP contribution in [0, 0.1) is 12.7 Å². The van der Waals surface area contributed by atoms with Gasteiger partial charge in [-0.2, -0.15) is 0 Å². The Morgan fingerprint density at radius 2 is 2.29 bits per heavy atom. The lowest BCUT2D eigenvalue weighted by atomic mass is 10.0. The number of aryl methyl sites for hydroxylation is 1. The van der Waals surface area contributed by atoms with Gasteiger partial charge in [0, 0.05) is 37.2 Å². The Hall–Kier alpha value is -2.43. The summed E-state index contributed by atoms with van der Waals surface area (Å²) in [4.78, 5) is 18.5. The number of hydrogen-bond acceptors (Lipinski definition) is 3. The molecule has 1 aliphatic rings. The average molecular weight is 327 g/mol. The van der Waals surface area contributed by atoms with Gasteiger partial charge in [-0.15, -0.1) is 0 Å². The van der Waals surface area contributed by atoms with Crippen LogP contribution in [0.5, 0.6) is 0 Å². The fraction of sp³-hybridized carbons (Fsp3) is 0.368. The summed E-state index contributed by atoms with van der Waals surface area (Å²) in [6, 6.07) is 8.60. The summed E-state index contributed by atoms with van der Waals surface area (Å²) in [6.07, 6.45) is 5.78. The van der Waals surface area contributed by atoms with Crippen molar-refractivity contribution >= 4 is 11.6 Å². The SMILES string of the molecule is Cc1cnccc1CC(=O)N[C@H]1CCCN(c2cccc(F)c2)C1. The first-order chi connectivity index (χ1) is 11.6. The van der Waals surface area contributed by atoms with E-state index in [1.807, 2.05) is 19.1 Å². The second kappa shape index (κ2) is 7.43. The number of nitrogens with one attached hydrogen (secondary N) is 1. The first-order valence-corrected chi connectivity index (χ1v) is 8.31. The summed E-state index contributed by atoms with van der Waals surface area (Å²) in [7, 11) is 0. The molecule has 2 aromatic rings. The molecule has 0 spiro atoms. The van der Waals surface area contributed by atoms with Gasteiger partial charge < -0.3 is 10.2 Å². The summed E-state index contributed by atoms with van der Waals surface area (Å²) in [5.41, 5.74) is 2.90. The van der Waals surface area contributed by atoms with Crippen LogP contribution < -0.4 is 10.2 Å². The highest BCUT2D eigenvalue weighted by molar-refractivity contribution is 5.79. The van der Waals surface area contributed by atoms with Gasteiger partial charge in [-0.05, 0) is 55.2 Å². The predicted octanol–water partition coefficient (Wildman–Crippen LogP) is 2.86. The standard InChI is InChI=1S/C19H22FN3O/c1-14-12-21-8-7-15(14)10-19(24)22-17-5-3-9-23(13-17)18-6-2-4-16(20)11-18/h2,4,6-8,11-12,17H,3,5,9-10,13H2,1H3,(H,22,24)/t17-/m0/s1. The van der Waals surface area contributed by atoms with Crippen LogP contribution in [-0.4, -0.2) is 30.0 Å². The molecule has 1 aromatic carbocycles. The number of benzene rings is 1. The second-order valence-corrected chi connectivity index (χ2v) is 6.31. The summed E-state index contributed by atoms with van der Waals surface area (Å²) < 4.78 is 13.4. The van der Waals surface area contributed by atoms with Crippen molar-refractivity contribution in [2.24, 2.45) is 0 Å². The third-order valence-electron chi connectivity index (χ3n) is 4.45. The number of halogens is 1. The maximum absolute atomic E-state index is 13.4. The molecular weight excluding hydrogens is 305 g/mol. The van der Waals surface area contributed by atoms with E-state index in [9.17, 15) is 9.18 Å². The molecule has 1 aliphatic heterocycles. The summed E-state index contributed by atoms with van der Waals surface area (Å²) in [5, 5.41) is 3.11. The Morgan fingerprint density at radius 3 is 3.08 bits per heavy atom. The fourth-order valence-electron chi connectivity index (χ4n) is 3.15. The van der Waals surface area contributed by atoms with Gasteiger partial charge in [0.25, 0.3) is 0 Å². The zero-order chi connectivity index (χ0) is 16.9. The third kappa shape index (κ3) is 4.10. The van der Waals surface area contributed by atoms with Crippen molar-refractivity contribution in [1.82, 2.24) is 10.3 Å². The predicted molar refractivity (Wildman–Crippen MR) is 92.5 cm³/mol. The molecule has 0 unspecified atom stereocenters. The number of piperidine rings is 1. The summed E-state index contributed by atoms with van der Waals surface area (Å²) in [5.74, 6) is -0.206. The van der Waals surface area contributed by atoms with Crippen molar-refractivity contribution in [3.05, 3.63) is 59.7 Å². The van der Waals surface area contributed by atoms with Crippen molar-refractivity contribution in [3.8, 4) is 0 Å². The lowest BCUT2D eigenvalue weighted by Gasteiger charge is -2.34. The van der Waals surface area contributed by atoms with Crippen LogP contribution in [-0.2, 0) is 11.2 Å². The number of nitrogens with zero attached hydrogens (tertiary/aromatic N) is 2. The van der Waals surface area contributed by atoms with E-state index in [0.717, 1.165) is 36.2 Å². The van der Waals surface area contributed by atoms with E-state index < -0.39 is 0 Å². The Bertz CT molecular complexity index is 719. The molecule has 0 radical (unpaired) electrons. The molecule has 1 atom stereocenters. The number of anilines is 1. The van der Waals surface area contributed by atoms with Gasteiger partial charge >= 0.3 is 0 Å². The van der Waals surface area contributed by atoms with E-state index in [2.05, 4.69) is 15.2 Å². The van der Waals surface area contributed by atoms with E-state index in [0.29, 0.717) is 13.0 Å². The molecule has 5 heteroatoms. The van der Waals surface area contributed by atoms with Crippen LogP contribution in [0.25, 0.3) is 0 Å². The molecule has 0 aliphatic carbocycles. The minimum Gasteiger partial charge on any atom is -0.369 e. The number of amides is 1. The lowest BCUT2D eigenvalue weighted by Crippen LogP contribution is -2.48. The third-order valence-corrected chi connectivity index (χ3v) is 4.45. The van der Waals surface area contributed by atoms with Crippen LogP contribution in [0.3, 0.4) is 0 Å². The lowest BCUT2D eigenvalue weighted by molar-refractivity contribution is -0.121. The van der Waals surface area contributed by atoms with E-state index in [-0.39, 0.29) is 17.8 Å². The van der Waals surface area contributed by atoms with Gasteiger partial charge in [0.15, 0.2) is 0 Å². The number of aromatic nitrogens is 1. The molecule has 24 heavy (non-hydrogen) atoms. The number of rotatable bonds is 4. The van der Waals surface area contributed by atoms with Crippen molar-refractivity contribution in [2.45, 2.75) is 32.2 Å². The molecule has 1 fully saturated rings. The van der Waals surface area contributed by atoms with E-state index in [4.69, 9.17) is 0 Å². The maximum atomic E-state index is 13.4. The molecular formula is C19H22FN3O. The Labute approximate surface area is 141 Å². The molecule has 0 bridgehead atoms. The number of carbonyl (C=O) groups is 1. The topological polar surface area (TPSA) is 45.2 Å². The van der Waals surface area contributed by atoms with Gasteiger partial charge in [-0.25, -0.2) is 4.39 Å². The van der Waals surface area contributed by atoms with Gasteiger partial charge in [0.05, 0.1) is 6.42 Å². The van der Waals surface area contributed by atoms with Crippen LogP contribution in [0.15, 0.2) is 42.7 Å². The van der Waals surface area contributed by atoms with Gasteiger partial charge in [-0.1, -0.05) is 6.07 Å². The largest absolute Gasteiger partial charge is 0.369 e. The van der Waals surface area contributed by atoms with Crippen LogP contribution >= 0.6 is 0 Å². The van der Waals surface area contributed by atoms with Gasteiger partial charge in [0.1, 0.15) is 5.82 Å². The van der Waals surface area contributed by atoms with Crippen molar-refractivity contribution in [2.75, 3.05) is 18.0 Å². The minimum absolute atomic E-state index is 0.0235. The molecule has 1 aromatic heterocycles. The highest BCUT2D eigenvalue weighted by Crippen LogP contribution is 2.21. The Morgan fingerprint density at radius 1 is 1.42 bits per heavy atom. The van der Waals surface area contributed by atoms with Crippen molar-refractivity contribution in [1.29, 1.82) is 0 Å². The quantitative estimate of drug-likeness (QED) is 0.939. The highest BCUT2D eigenvalue weighted by atomic mass is 19.1. The van der Waals surface area contributed by atoms with Crippen LogP contribution in [0.2, 0.25) is 0 Å². The number of carbonyl (C=O) groups excluding carboxylic acids is 1. The average Bonchev–Trinajstić information content (AvgIpc) is 2.57. The van der Waals surface area contributed by atoms with Crippen LogP contribution in [0.4, 0.5) is 10.1 Å². The zero-order valence-corrected chi connectivity index (χ0v) is 13.8. The summed E-state index contributed by atoms with van der Waals surface area (Å²) >= 11 is 0. The maximum Gasteiger partial charge on any atom is 0.224 e. The first kappa shape index (κ1) is 16.4. The fourth-order valence-corrected chi connectivity index (χ4v) is 3.15. The smallest absolute Gasteiger partial charge is 0.224 e.